The fourth-order valence-electron chi connectivity index (χ4n) is 9.62. The lowest BCUT2D eigenvalue weighted by Gasteiger charge is -2.41. The largest absolute Gasteiger partial charge is 0.508 e. The van der Waals surface area contributed by atoms with E-state index in [1.807, 2.05) is 39.0 Å². The molecule has 0 saturated carbocycles. The number of nitrogens with one attached hydrogen (secondary N) is 2. The number of carbonyl (C=O) groups excluding carboxylic acids is 5. The number of esters is 1. The Morgan fingerprint density at radius 2 is 1.86 bits per heavy atom. The van der Waals surface area contributed by atoms with Crippen molar-refractivity contribution >= 4 is 40.5 Å². The first-order chi connectivity index (χ1) is 30.9. The minimum atomic E-state index is -1.16. The lowest BCUT2D eigenvalue weighted by atomic mass is 9.84. The van der Waals surface area contributed by atoms with Crippen molar-refractivity contribution in [3.63, 3.8) is 0 Å². The van der Waals surface area contributed by atoms with Gasteiger partial charge in [0.2, 0.25) is 17.7 Å². The van der Waals surface area contributed by atoms with Gasteiger partial charge in [-0.05, 0) is 104 Å². The molecule has 7 rings (SSSR count). The van der Waals surface area contributed by atoms with Gasteiger partial charge < -0.3 is 34.3 Å². The second-order valence-electron chi connectivity index (χ2n) is 18.8. The topological polar surface area (TPSA) is 176 Å². The smallest absolute Gasteiger partial charge is 0.324 e. The fourth-order valence-corrected chi connectivity index (χ4v) is 9.62. The molecule has 346 valence electrons. The number of ether oxygens (including phenoxy) is 2. The molecule has 4 amide bonds. The highest BCUT2D eigenvalue weighted by Gasteiger charge is 2.42. The molecule has 0 aliphatic carbocycles. The zero-order valence-corrected chi connectivity index (χ0v) is 38.8. The molecular formula is C50H63N7O8. The normalized spacial score (nSPS) is 20.1. The van der Waals surface area contributed by atoms with E-state index in [0.717, 1.165) is 39.0 Å². The summed E-state index contributed by atoms with van der Waals surface area (Å²) in [6, 6.07) is 12.5. The minimum Gasteiger partial charge on any atom is -0.508 e. The van der Waals surface area contributed by atoms with E-state index in [1.165, 1.54) is 20.9 Å². The number of phenols is 1. The molecule has 6 bridgehead atoms. The molecule has 4 aromatic rings. The van der Waals surface area contributed by atoms with Crippen molar-refractivity contribution in [3.05, 3.63) is 84.2 Å². The van der Waals surface area contributed by atoms with E-state index in [2.05, 4.69) is 60.9 Å². The Balaban J connectivity index is 1.31. The van der Waals surface area contributed by atoms with Crippen LogP contribution in [0.3, 0.4) is 0 Å². The van der Waals surface area contributed by atoms with Crippen LogP contribution in [0.15, 0.2) is 67.4 Å². The van der Waals surface area contributed by atoms with Crippen LogP contribution in [0.1, 0.15) is 77.3 Å². The molecule has 3 aliphatic heterocycles. The van der Waals surface area contributed by atoms with Crippen LogP contribution in [0.5, 0.6) is 5.75 Å². The van der Waals surface area contributed by atoms with Crippen molar-refractivity contribution in [2.45, 2.75) is 98.0 Å². The Morgan fingerprint density at radius 1 is 1.11 bits per heavy atom. The van der Waals surface area contributed by atoms with Crippen molar-refractivity contribution in [3.8, 4) is 28.1 Å². The highest BCUT2D eigenvalue weighted by Crippen LogP contribution is 2.42. The molecule has 2 aromatic heterocycles. The van der Waals surface area contributed by atoms with Crippen molar-refractivity contribution in [2.24, 2.45) is 17.3 Å². The maximum Gasteiger partial charge on any atom is 0.324 e. The second kappa shape index (κ2) is 19.2. The predicted molar refractivity (Wildman–Crippen MR) is 247 cm³/mol. The molecule has 65 heavy (non-hydrogen) atoms. The van der Waals surface area contributed by atoms with Gasteiger partial charge in [0.05, 0.1) is 30.0 Å². The number of phenolic OH excluding ortho intramolecular Hbond substituents is 1. The molecule has 2 aromatic carbocycles. The SMILES string of the molecule is C=CC(=O)N1CC(C(=O)N(C)[C@H](C(=O)N[C@H]2Cc3cc(O)cc(c3)-c3ccc4c(c3)c(c(-c3cccnc3[C@H](C)OC)n4CC)CC(C)(C)COC(=O)[C@@H]3CCCN(N3)C2=O)C(C)C)C1. The number of carbonyl (C=O) groups is 5. The van der Waals surface area contributed by atoms with E-state index in [9.17, 15) is 29.1 Å². The molecule has 0 unspecified atom stereocenters. The number of hydrogen-bond acceptors (Lipinski definition) is 10. The van der Waals surface area contributed by atoms with Crippen LogP contribution in [0, 0.1) is 17.3 Å². The number of cyclic esters (lactones) is 1. The van der Waals surface area contributed by atoms with Crippen molar-refractivity contribution < 1.29 is 38.6 Å². The van der Waals surface area contributed by atoms with Gasteiger partial charge in [-0.1, -0.05) is 46.4 Å². The second-order valence-corrected chi connectivity index (χ2v) is 18.8. The molecule has 3 N–H and O–H groups in total. The van der Waals surface area contributed by atoms with Crippen molar-refractivity contribution in [2.75, 3.05) is 40.4 Å². The van der Waals surface area contributed by atoms with E-state index in [-0.39, 0.29) is 62.2 Å². The van der Waals surface area contributed by atoms with Gasteiger partial charge in [0.1, 0.15) is 23.9 Å². The minimum absolute atomic E-state index is 0.0114. The average molecular weight is 890 g/mol. The molecule has 5 heterocycles. The maximum atomic E-state index is 14.7. The zero-order valence-electron chi connectivity index (χ0n) is 38.8. The Labute approximate surface area is 381 Å². The van der Waals surface area contributed by atoms with Crippen molar-refractivity contribution in [1.82, 2.24) is 35.1 Å². The monoisotopic (exact) mass is 889 g/mol. The van der Waals surface area contributed by atoms with E-state index < -0.39 is 47.2 Å². The standard InChI is InChI=1S/C50H63N7O8/c1-10-42(59)55-26-34(27-55)47(61)54(8)44(29(3)4)46(60)52-40-22-31-20-33(23-35(58)21-31)32-16-17-41-37(24-32)38(45(56(41)11-2)36-14-12-18-51-43(36)30(5)64-9)25-50(6,7)28-65-49(63)39-15-13-19-57(53-39)48(40)62/h10,12,14,16-18,20-21,23-24,29-30,34,39-40,44,53,58H,1,11,13,15,19,22,25-28H2,2-9H3,(H,52,60)/t30-,39-,40-,44-/m0/s1. The average Bonchev–Trinajstić information content (AvgIpc) is 3.57. The van der Waals surface area contributed by atoms with Crippen LogP contribution in [0.25, 0.3) is 33.3 Å². The number of likely N-dealkylation sites (N-methyl/N-ethyl adjacent to an activating group) is 1. The summed E-state index contributed by atoms with van der Waals surface area (Å²) in [5.41, 5.74) is 9.51. The van der Waals surface area contributed by atoms with Crippen LogP contribution in [-0.2, 0) is 52.8 Å². The molecule has 0 spiro atoms. The maximum absolute atomic E-state index is 14.7. The lowest BCUT2D eigenvalue weighted by molar-refractivity contribution is -0.155. The highest BCUT2D eigenvalue weighted by molar-refractivity contribution is 5.96. The third-order valence-corrected chi connectivity index (χ3v) is 13.1. The summed E-state index contributed by atoms with van der Waals surface area (Å²) in [4.78, 5) is 76.5. The van der Waals surface area contributed by atoms with Gasteiger partial charge in [-0.3, -0.25) is 34.0 Å². The molecular weight excluding hydrogens is 827 g/mol. The van der Waals surface area contributed by atoms with Crippen molar-refractivity contribution in [1.29, 1.82) is 0 Å². The Bertz CT molecular complexity index is 2490. The summed E-state index contributed by atoms with van der Waals surface area (Å²) in [7, 11) is 3.24. The first kappa shape index (κ1) is 46.9. The first-order valence-electron chi connectivity index (χ1n) is 22.6. The summed E-state index contributed by atoms with van der Waals surface area (Å²) in [6.45, 7) is 16.9. The van der Waals surface area contributed by atoms with Crippen LogP contribution in [0.2, 0.25) is 0 Å². The number of nitrogens with zero attached hydrogens (tertiary/aromatic N) is 5. The molecule has 15 heteroatoms. The number of aromatic nitrogens is 2. The number of benzene rings is 2. The van der Waals surface area contributed by atoms with Crippen LogP contribution in [-0.4, -0.2) is 118 Å². The molecule has 0 radical (unpaired) electrons. The number of amides is 4. The predicted octanol–water partition coefficient (Wildman–Crippen LogP) is 5.58. The van der Waals surface area contributed by atoms with Crippen LogP contribution < -0.4 is 10.7 Å². The van der Waals surface area contributed by atoms with Gasteiger partial charge in [-0.25, -0.2) is 5.43 Å². The van der Waals surface area contributed by atoms with E-state index in [0.29, 0.717) is 36.9 Å². The third-order valence-electron chi connectivity index (χ3n) is 13.1. The van der Waals surface area contributed by atoms with E-state index in [1.54, 1.807) is 32.5 Å². The van der Waals surface area contributed by atoms with Crippen LogP contribution >= 0.6 is 0 Å². The number of rotatable bonds is 10. The highest BCUT2D eigenvalue weighted by atomic mass is 16.5. The Morgan fingerprint density at radius 3 is 2.55 bits per heavy atom. The number of aryl methyl sites for hydroxylation is 1. The summed E-state index contributed by atoms with van der Waals surface area (Å²) in [5.74, 6) is -2.87. The Kier molecular flexibility index (Phi) is 13.9. The number of pyridine rings is 1. The molecule has 15 nitrogen and oxygen atoms in total. The molecule has 3 aliphatic rings. The number of hydrazine groups is 1. The number of fused-ring (bicyclic) bond motifs is 6. The quantitative estimate of drug-likeness (QED) is 0.135. The van der Waals surface area contributed by atoms with E-state index >= 15 is 0 Å². The number of hydrogen-bond donors (Lipinski definition) is 3. The fraction of sp³-hybridized carbons (Fsp3) is 0.480. The summed E-state index contributed by atoms with van der Waals surface area (Å²) in [5, 5.41) is 16.7. The van der Waals surface area contributed by atoms with Gasteiger partial charge in [0.25, 0.3) is 5.91 Å². The van der Waals surface area contributed by atoms with Gasteiger partial charge in [-0.15, -0.1) is 0 Å². The summed E-state index contributed by atoms with van der Waals surface area (Å²) in [6.07, 6.45) is 4.17. The third kappa shape index (κ3) is 9.67. The van der Waals surface area contributed by atoms with Gasteiger partial charge in [-0.2, -0.15) is 0 Å². The summed E-state index contributed by atoms with van der Waals surface area (Å²) < 4.78 is 14.2. The number of methoxy groups -OCH3 is 1. The number of likely N-dealkylation sites (tertiary alicyclic amines) is 1. The number of aromatic hydroxyl groups is 1. The molecule has 2 fully saturated rings. The van der Waals surface area contributed by atoms with Gasteiger partial charge in [0.15, 0.2) is 0 Å². The van der Waals surface area contributed by atoms with Gasteiger partial charge in [0, 0.05) is 74.8 Å². The zero-order chi connectivity index (χ0) is 46.9. The Hall–Kier alpha value is -6.06. The van der Waals surface area contributed by atoms with Crippen LogP contribution in [0.4, 0.5) is 0 Å². The summed E-state index contributed by atoms with van der Waals surface area (Å²) >= 11 is 0. The van der Waals surface area contributed by atoms with E-state index in [4.69, 9.17) is 14.5 Å². The molecule has 4 atom stereocenters. The lowest BCUT2D eigenvalue weighted by Crippen LogP contribution is -2.63. The molecule has 2 saturated heterocycles. The first-order valence-corrected chi connectivity index (χ1v) is 22.6. The van der Waals surface area contributed by atoms with Gasteiger partial charge >= 0.3 is 5.97 Å².